The van der Waals surface area contributed by atoms with Crippen molar-refractivity contribution in [2.24, 2.45) is 0 Å². The molecule has 2 nitrogen and oxygen atoms in total. The van der Waals surface area contributed by atoms with E-state index in [1.807, 2.05) is 0 Å². The fourth-order valence-corrected chi connectivity index (χ4v) is 3.88. The molecule has 0 heterocycles. The number of rotatable bonds is 19. The first-order valence-corrected chi connectivity index (χ1v) is 11.9. The standard InChI is InChI=1S/C21H45NOS/c1-5-9-13-14-15-21(19-24-18-12-8-4)23-20-22(16-10-6-2)17-11-7-3/h21H,5-20H2,1-4H3. The maximum atomic E-state index is 6.36. The van der Waals surface area contributed by atoms with E-state index >= 15 is 0 Å². The highest BCUT2D eigenvalue weighted by Gasteiger charge is 2.12. The summed E-state index contributed by atoms with van der Waals surface area (Å²) in [6.07, 6.45) is 14.9. The molecule has 0 fully saturated rings. The Morgan fingerprint density at radius 3 is 1.96 bits per heavy atom. The van der Waals surface area contributed by atoms with Crippen LogP contribution in [0.15, 0.2) is 0 Å². The van der Waals surface area contributed by atoms with Crippen LogP contribution in [0.3, 0.4) is 0 Å². The van der Waals surface area contributed by atoms with Gasteiger partial charge in [-0.05, 0) is 31.4 Å². The zero-order valence-electron chi connectivity index (χ0n) is 17.2. The minimum absolute atomic E-state index is 0.453. The summed E-state index contributed by atoms with van der Waals surface area (Å²) in [5.74, 6) is 2.47. The topological polar surface area (TPSA) is 12.5 Å². The summed E-state index contributed by atoms with van der Waals surface area (Å²) in [6.45, 7) is 12.4. The molecule has 0 aromatic heterocycles. The van der Waals surface area contributed by atoms with Gasteiger partial charge in [-0.2, -0.15) is 11.8 Å². The molecule has 1 unspecified atom stereocenters. The minimum Gasteiger partial charge on any atom is -0.362 e. The number of hydrogen-bond acceptors (Lipinski definition) is 3. The summed E-state index contributed by atoms with van der Waals surface area (Å²) < 4.78 is 6.36. The highest BCUT2D eigenvalue weighted by molar-refractivity contribution is 7.99. The average molecular weight is 360 g/mol. The van der Waals surface area contributed by atoms with Crippen LogP contribution in [0.4, 0.5) is 0 Å². The van der Waals surface area contributed by atoms with Gasteiger partial charge in [-0.25, -0.2) is 0 Å². The summed E-state index contributed by atoms with van der Waals surface area (Å²) in [6, 6.07) is 0. The molecule has 0 saturated heterocycles. The normalized spacial score (nSPS) is 12.9. The smallest absolute Gasteiger partial charge is 0.0994 e. The summed E-state index contributed by atoms with van der Waals surface area (Å²) in [5.41, 5.74) is 0. The highest BCUT2D eigenvalue weighted by Crippen LogP contribution is 2.16. The molecule has 0 aromatic carbocycles. The van der Waals surface area contributed by atoms with Crippen LogP contribution in [0.2, 0.25) is 0 Å². The maximum Gasteiger partial charge on any atom is 0.0994 e. The van der Waals surface area contributed by atoms with E-state index < -0.39 is 0 Å². The van der Waals surface area contributed by atoms with Crippen LogP contribution < -0.4 is 0 Å². The first kappa shape index (κ1) is 24.3. The van der Waals surface area contributed by atoms with E-state index in [1.165, 1.54) is 95.2 Å². The molecule has 0 aliphatic heterocycles. The third-order valence-corrected chi connectivity index (χ3v) is 5.66. The Labute approximate surface area is 157 Å². The zero-order chi connectivity index (χ0) is 17.9. The number of unbranched alkanes of at least 4 members (excludes halogenated alkanes) is 6. The second-order valence-corrected chi connectivity index (χ2v) is 8.17. The van der Waals surface area contributed by atoms with E-state index in [2.05, 4.69) is 44.4 Å². The largest absolute Gasteiger partial charge is 0.362 e. The number of nitrogens with zero attached hydrogens (tertiary/aromatic N) is 1. The number of thioether (sulfide) groups is 1. The van der Waals surface area contributed by atoms with E-state index in [9.17, 15) is 0 Å². The molecule has 0 aromatic rings. The fraction of sp³-hybridized carbons (Fsp3) is 1.00. The molecule has 0 bridgehead atoms. The van der Waals surface area contributed by atoms with Crippen molar-refractivity contribution in [2.75, 3.05) is 31.3 Å². The van der Waals surface area contributed by atoms with Gasteiger partial charge in [0.15, 0.2) is 0 Å². The van der Waals surface area contributed by atoms with E-state index in [0.717, 1.165) is 6.73 Å². The molecule has 146 valence electrons. The second kappa shape index (κ2) is 19.6. The molecular formula is C21H45NOS. The maximum absolute atomic E-state index is 6.36. The predicted molar refractivity (Wildman–Crippen MR) is 112 cm³/mol. The monoisotopic (exact) mass is 359 g/mol. The molecule has 0 N–H and O–H groups in total. The third kappa shape index (κ3) is 15.8. The van der Waals surface area contributed by atoms with Crippen LogP contribution >= 0.6 is 11.8 Å². The molecule has 0 aliphatic carbocycles. The lowest BCUT2D eigenvalue weighted by molar-refractivity contribution is -0.0174. The Balaban J connectivity index is 4.18. The summed E-state index contributed by atoms with van der Waals surface area (Å²) in [4.78, 5) is 2.53. The minimum atomic E-state index is 0.453. The van der Waals surface area contributed by atoms with Crippen molar-refractivity contribution in [2.45, 2.75) is 104 Å². The molecule has 0 aliphatic rings. The van der Waals surface area contributed by atoms with Gasteiger partial charge in [0.1, 0.15) is 0 Å². The van der Waals surface area contributed by atoms with Gasteiger partial charge in [-0.3, -0.25) is 4.90 Å². The Morgan fingerprint density at radius 2 is 1.38 bits per heavy atom. The molecule has 0 spiro atoms. The van der Waals surface area contributed by atoms with E-state index in [-0.39, 0.29) is 0 Å². The summed E-state index contributed by atoms with van der Waals surface area (Å²) >= 11 is 2.09. The Morgan fingerprint density at radius 1 is 0.750 bits per heavy atom. The van der Waals surface area contributed by atoms with Crippen molar-refractivity contribution in [1.82, 2.24) is 4.90 Å². The number of ether oxygens (including phenoxy) is 1. The van der Waals surface area contributed by atoms with Gasteiger partial charge < -0.3 is 4.74 Å². The average Bonchev–Trinajstić information content (AvgIpc) is 2.60. The van der Waals surface area contributed by atoms with Crippen LogP contribution in [-0.4, -0.2) is 42.3 Å². The van der Waals surface area contributed by atoms with Crippen molar-refractivity contribution in [3.05, 3.63) is 0 Å². The lowest BCUT2D eigenvalue weighted by atomic mass is 10.1. The molecule has 3 heteroatoms. The highest BCUT2D eigenvalue weighted by atomic mass is 32.2. The first-order valence-electron chi connectivity index (χ1n) is 10.7. The molecular weight excluding hydrogens is 314 g/mol. The van der Waals surface area contributed by atoms with Gasteiger partial charge in [-0.15, -0.1) is 0 Å². The Kier molecular flexibility index (Phi) is 19.8. The quantitative estimate of drug-likeness (QED) is 0.187. The zero-order valence-corrected chi connectivity index (χ0v) is 18.0. The van der Waals surface area contributed by atoms with Crippen molar-refractivity contribution in [3.63, 3.8) is 0 Å². The molecule has 1 atom stereocenters. The van der Waals surface area contributed by atoms with E-state index in [0.29, 0.717) is 6.10 Å². The van der Waals surface area contributed by atoms with Gasteiger partial charge in [-0.1, -0.05) is 72.6 Å². The molecule has 24 heavy (non-hydrogen) atoms. The Bertz CT molecular complexity index is 218. The lowest BCUT2D eigenvalue weighted by Gasteiger charge is -2.25. The first-order chi connectivity index (χ1) is 11.8. The van der Waals surface area contributed by atoms with Crippen LogP contribution in [0, 0.1) is 0 Å². The lowest BCUT2D eigenvalue weighted by Crippen LogP contribution is -2.32. The van der Waals surface area contributed by atoms with Gasteiger partial charge in [0.2, 0.25) is 0 Å². The van der Waals surface area contributed by atoms with Gasteiger partial charge >= 0.3 is 0 Å². The van der Waals surface area contributed by atoms with Crippen molar-refractivity contribution < 1.29 is 4.74 Å². The molecule has 0 saturated carbocycles. The van der Waals surface area contributed by atoms with Gasteiger partial charge in [0.05, 0.1) is 12.8 Å². The van der Waals surface area contributed by atoms with Gasteiger partial charge in [0, 0.05) is 18.8 Å². The summed E-state index contributed by atoms with van der Waals surface area (Å²) in [7, 11) is 0. The van der Waals surface area contributed by atoms with Crippen LogP contribution in [0.1, 0.15) is 98.3 Å². The van der Waals surface area contributed by atoms with Crippen molar-refractivity contribution in [1.29, 1.82) is 0 Å². The van der Waals surface area contributed by atoms with E-state index in [4.69, 9.17) is 4.74 Å². The van der Waals surface area contributed by atoms with Crippen LogP contribution in [0.5, 0.6) is 0 Å². The molecule has 0 amide bonds. The number of hydrogen-bond donors (Lipinski definition) is 0. The second-order valence-electron chi connectivity index (χ2n) is 7.02. The molecule has 0 rings (SSSR count). The fourth-order valence-electron chi connectivity index (χ4n) is 2.69. The van der Waals surface area contributed by atoms with Crippen molar-refractivity contribution >= 4 is 11.8 Å². The predicted octanol–water partition coefficient (Wildman–Crippen LogP) is 6.74. The van der Waals surface area contributed by atoms with Gasteiger partial charge in [0.25, 0.3) is 0 Å². The van der Waals surface area contributed by atoms with Crippen molar-refractivity contribution in [3.8, 4) is 0 Å². The Hall–Kier alpha value is 0.270. The van der Waals surface area contributed by atoms with Crippen LogP contribution in [-0.2, 0) is 4.74 Å². The van der Waals surface area contributed by atoms with Crippen LogP contribution in [0.25, 0.3) is 0 Å². The SMILES string of the molecule is CCCCCCC(CSCCCC)OCN(CCCC)CCCC. The third-order valence-electron chi connectivity index (χ3n) is 4.47. The summed E-state index contributed by atoms with van der Waals surface area (Å²) in [5, 5.41) is 0. The van der Waals surface area contributed by atoms with E-state index in [1.54, 1.807) is 0 Å². The molecule has 0 radical (unpaired) electrons.